The Labute approximate surface area is 187 Å². The van der Waals surface area contributed by atoms with Gasteiger partial charge in [-0.3, -0.25) is 9.52 Å². The van der Waals surface area contributed by atoms with Gasteiger partial charge in [-0.2, -0.15) is 0 Å². The number of sulfonamides is 1. The summed E-state index contributed by atoms with van der Waals surface area (Å²) < 4.78 is 39.3. The van der Waals surface area contributed by atoms with E-state index in [2.05, 4.69) is 15.2 Å². The Morgan fingerprint density at radius 3 is 2.47 bits per heavy atom. The number of carbonyl (C=O) groups is 1. The number of methoxy groups -OCH3 is 1. The van der Waals surface area contributed by atoms with Gasteiger partial charge < -0.3 is 14.6 Å². The monoisotopic (exact) mass is 455 g/mol. The normalized spacial score (nSPS) is 11.5. The molecule has 0 aliphatic heterocycles. The van der Waals surface area contributed by atoms with Crippen LogP contribution in [-0.2, 0) is 14.8 Å². The SMILES string of the molecule is COc1ccc(/C=C\c2onc(C)c2NC(C)=O)cc1S(=O)(=O)Nc1ccc(C)c(C)c1. The van der Waals surface area contributed by atoms with E-state index in [0.717, 1.165) is 11.1 Å². The maximum atomic E-state index is 13.1. The third kappa shape index (κ3) is 5.17. The second kappa shape index (κ2) is 9.27. The highest BCUT2D eigenvalue weighted by molar-refractivity contribution is 7.92. The first-order valence-corrected chi connectivity index (χ1v) is 11.3. The number of amides is 1. The Kier molecular flexibility index (Phi) is 6.69. The second-order valence-electron chi connectivity index (χ2n) is 7.34. The highest BCUT2D eigenvalue weighted by Gasteiger charge is 2.20. The van der Waals surface area contributed by atoms with Crippen molar-refractivity contribution in [3.63, 3.8) is 0 Å². The highest BCUT2D eigenvalue weighted by Crippen LogP contribution is 2.29. The number of ether oxygens (including phenoxy) is 1. The number of aromatic nitrogens is 1. The molecule has 168 valence electrons. The van der Waals surface area contributed by atoms with Crippen LogP contribution >= 0.6 is 0 Å². The van der Waals surface area contributed by atoms with E-state index in [9.17, 15) is 13.2 Å². The molecule has 3 aromatic rings. The van der Waals surface area contributed by atoms with Crippen LogP contribution in [0.4, 0.5) is 11.4 Å². The lowest BCUT2D eigenvalue weighted by atomic mass is 10.1. The Balaban J connectivity index is 1.94. The molecule has 1 aromatic heterocycles. The number of rotatable bonds is 7. The van der Waals surface area contributed by atoms with Crippen LogP contribution in [0.2, 0.25) is 0 Å². The lowest BCUT2D eigenvalue weighted by Gasteiger charge is -2.13. The topological polar surface area (TPSA) is 111 Å². The average Bonchev–Trinajstić information content (AvgIpc) is 3.07. The van der Waals surface area contributed by atoms with Crippen molar-refractivity contribution in [3.8, 4) is 5.75 Å². The smallest absolute Gasteiger partial charge is 0.265 e. The molecule has 0 saturated heterocycles. The van der Waals surface area contributed by atoms with E-state index in [4.69, 9.17) is 9.26 Å². The van der Waals surface area contributed by atoms with E-state index < -0.39 is 10.0 Å². The largest absolute Gasteiger partial charge is 0.495 e. The van der Waals surface area contributed by atoms with E-state index in [0.29, 0.717) is 28.4 Å². The summed E-state index contributed by atoms with van der Waals surface area (Å²) in [5, 5.41) is 6.53. The minimum Gasteiger partial charge on any atom is -0.495 e. The third-order valence-electron chi connectivity index (χ3n) is 4.85. The molecule has 0 atom stereocenters. The van der Waals surface area contributed by atoms with Crippen LogP contribution in [0.25, 0.3) is 12.2 Å². The standard InChI is InChI=1S/C23H25N3O5S/c1-14-6-9-19(12-15(14)2)26-32(28,29)22-13-18(7-10-20(22)30-5)8-11-21-23(24-17(4)27)16(3)25-31-21/h6-13,26H,1-5H3,(H,24,27)/b11-8-. The summed E-state index contributed by atoms with van der Waals surface area (Å²) in [4.78, 5) is 11.4. The molecule has 0 saturated carbocycles. The maximum absolute atomic E-state index is 13.1. The fraction of sp³-hybridized carbons (Fsp3) is 0.217. The number of aryl methyl sites for hydroxylation is 3. The van der Waals surface area contributed by atoms with Crippen molar-refractivity contribution in [2.24, 2.45) is 0 Å². The fourth-order valence-corrected chi connectivity index (χ4v) is 4.28. The summed E-state index contributed by atoms with van der Waals surface area (Å²) in [7, 11) is -2.50. The summed E-state index contributed by atoms with van der Waals surface area (Å²) in [6.45, 7) is 6.98. The number of benzene rings is 2. The first-order valence-electron chi connectivity index (χ1n) is 9.81. The Bertz CT molecular complexity index is 1290. The van der Waals surface area contributed by atoms with Gasteiger partial charge in [0.15, 0.2) is 5.76 Å². The molecule has 0 fully saturated rings. The molecule has 2 N–H and O–H groups in total. The van der Waals surface area contributed by atoms with Crippen molar-refractivity contribution >= 4 is 39.5 Å². The Hall–Kier alpha value is -3.59. The maximum Gasteiger partial charge on any atom is 0.265 e. The minimum atomic E-state index is -3.91. The number of hydrogen-bond donors (Lipinski definition) is 2. The van der Waals surface area contributed by atoms with Gasteiger partial charge in [-0.25, -0.2) is 8.42 Å². The molecule has 0 aliphatic carbocycles. The molecule has 8 nitrogen and oxygen atoms in total. The Morgan fingerprint density at radius 2 is 1.81 bits per heavy atom. The number of anilines is 2. The van der Waals surface area contributed by atoms with Crippen LogP contribution in [0.15, 0.2) is 45.8 Å². The van der Waals surface area contributed by atoms with E-state index >= 15 is 0 Å². The second-order valence-corrected chi connectivity index (χ2v) is 8.99. The van der Waals surface area contributed by atoms with Crippen LogP contribution in [0.3, 0.4) is 0 Å². The number of nitrogens with one attached hydrogen (secondary N) is 2. The average molecular weight is 456 g/mol. The molecule has 0 unspecified atom stereocenters. The van der Waals surface area contributed by atoms with Crippen LogP contribution < -0.4 is 14.8 Å². The summed E-state index contributed by atoms with van der Waals surface area (Å²) in [5.41, 5.74) is 4.11. The van der Waals surface area contributed by atoms with Crippen molar-refractivity contribution in [1.82, 2.24) is 5.16 Å². The summed E-state index contributed by atoms with van der Waals surface area (Å²) in [6, 6.07) is 10.1. The molecular weight excluding hydrogens is 430 g/mol. The zero-order chi connectivity index (χ0) is 23.5. The molecule has 3 rings (SSSR count). The molecule has 9 heteroatoms. The van der Waals surface area contributed by atoms with Gasteiger partial charge >= 0.3 is 0 Å². The van der Waals surface area contributed by atoms with Crippen LogP contribution in [-0.4, -0.2) is 26.6 Å². The van der Waals surface area contributed by atoms with E-state index in [1.807, 2.05) is 19.9 Å². The van der Waals surface area contributed by atoms with Crippen molar-refractivity contribution in [2.45, 2.75) is 32.6 Å². The van der Waals surface area contributed by atoms with Crippen LogP contribution in [0, 0.1) is 20.8 Å². The molecule has 2 aromatic carbocycles. The van der Waals surface area contributed by atoms with Gasteiger partial charge in [-0.1, -0.05) is 23.4 Å². The van der Waals surface area contributed by atoms with Crippen molar-refractivity contribution in [3.05, 3.63) is 64.5 Å². The molecule has 0 bridgehead atoms. The van der Waals surface area contributed by atoms with Gasteiger partial charge in [0, 0.05) is 12.6 Å². The molecule has 0 radical (unpaired) electrons. The van der Waals surface area contributed by atoms with Crippen molar-refractivity contribution < 1.29 is 22.5 Å². The predicted molar refractivity (Wildman–Crippen MR) is 124 cm³/mol. The fourth-order valence-electron chi connectivity index (χ4n) is 3.02. The zero-order valence-corrected chi connectivity index (χ0v) is 19.3. The van der Waals surface area contributed by atoms with E-state index in [1.165, 1.54) is 20.1 Å². The molecule has 0 aliphatic rings. The lowest BCUT2D eigenvalue weighted by molar-refractivity contribution is -0.114. The van der Waals surface area contributed by atoms with Gasteiger partial charge in [0.05, 0.1) is 7.11 Å². The van der Waals surface area contributed by atoms with Gasteiger partial charge in [0.1, 0.15) is 22.0 Å². The predicted octanol–water partition coefficient (Wildman–Crippen LogP) is 4.54. The molecular formula is C23H25N3O5S. The number of hydrogen-bond acceptors (Lipinski definition) is 6. The van der Waals surface area contributed by atoms with Crippen LogP contribution in [0.5, 0.6) is 5.75 Å². The summed E-state index contributed by atoms with van der Waals surface area (Å²) >= 11 is 0. The molecule has 32 heavy (non-hydrogen) atoms. The number of carbonyl (C=O) groups excluding carboxylic acids is 1. The van der Waals surface area contributed by atoms with Gasteiger partial charge in [-0.15, -0.1) is 0 Å². The number of nitrogens with zero attached hydrogens (tertiary/aromatic N) is 1. The highest BCUT2D eigenvalue weighted by atomic mass is 32.2. The molecule has 0 spiro atoms. The Morgan fingerprint density at radius 1 is 1.06 bits per heavy atom. The van der Waals surface area contributed by atoms with Crippen molar-refractivity contribution in [1.29, 1.82) is 0 Å². The lowest BCUT2D eigenvalue weighted by Crippen LogP contribution is -2.14. The summed E-state index contributed by atoms with van der Waals surface area (Å²) in [6.07, 6.45) is 3.28. The zero-order valence-electron chi connectivity index (χ0n) is 18.5. The quantitative estimate of drug-likeness (QED) is 0.541. The van der Waals surface area contributed by atoms with E-state index in [-0.39, 0.29) is 16.6 Å². The van der Waals surface area contributed by atoms with E-state index in [1.54, 1.807) is 43.3 Å². The van der Waals surface area contributed by atoms with Gasteiger partial charge in [0.2, 0.25) is 5.91 Å². The van der Waals surface area contributed by atoms with Gasteiger partial charge in [0.25, 0.3) is 10.0 Å². The molecule has 1 heterocycles. The van der Waals surface area contributed by atoms with Crippen molar-refractivity contribution in [2.75, 3.05) is 17.1 Å². The minimum absolute atomic E-state index is 0.00351. The first kappa shape index (κ1) is 23.1. The molecule has 1 amide bonds. The van der Waals surface area contributed by atoms with Crippen LogP contribution in [0.1, 0.15) is 35.1 Å². The van der Waals surface area contributed by atoms with Gasteiger partial charge in [-0.05, 0) is 67.8 Å². The first-order chi connectivity index (χ1) is 15.1. The third-order valence-corrected chi connectivity index (χ3v) is 6.26. The summed E-state index contributed by atoms with van der Waals surface area (Å²) in [5.74, 6) is 0.320.